The average molecular weight is 283 g/mol. The predicted molar refractivity (Wildman–Crippen MR) is 67.0 cm³/mol. The van der Waals surface area contributed by atoms with Crippen molar-refractivity contribution in [3.8, 4) is 16.9 Å². The van der Waals surface area contributed by atoms with Crippen LogP contribution in [-0.2, 0) is 6.61 Å². The Kier molecular flexibility index (Phi) is 3.94. The molecule has 1 aromatic carbocycles. The van der Waals surface area contributed by atoms with Crippen LogP contribution in [0.4, 0.5) is 13.2 Å². The summed E-state index contributed by atoms with van der Waals surface area (Å²) in [5.74, 6) is -0.328. The molecule has 0 saturated heterocycles. The summed E-state index contributed by atoms with van der Waals surface area (Å²) in [5, 5.41) is 9.27. The molecule has 0 amide bonds. The van der Waals surface area contributed by atoms with Crippen LogP contribution in [0, 0.1) is 6.92 Å². The second-order valence-electron chi connectivity index (χ2n) is 4.21. The monoisotopic (exact) mass is 283 g/mol. The third kappa shape index (κ3) is 3.48. The normalized spacial score (nSPS) is 11.4. The van der Waals surface area contributed by atoms with Gasteiger partial charge in [-0.15, -0.1) is 13.2 Å². The van der Waals surface area contributed by atoms with Gasteiger partial charge in [0, 0.05) is 17.5 Å². The zero-order chi connectivity index (χ0) is 14.8. The molecular formula is C14H12F3NO2. The van der Waals surface area contributed by atoms with Crippen molar-refractivity contribution < 1.29 is 23.0 Å². The smallest absolute Gasteiger partial charge is 0.406 e. The first-order valence-corrected chi connectivity index (χ1v) is 5.81. The van der Waals surface area contributed by atoms with Crippen LogP contribution >= 0.6 is 0 Å². The van der Waals surface area contributed by atoms with Crippen LogP contribution in [0.1, 0.15) is 11.3 Å². The van der Waals surface area contributed by atoms with Crippen LogP contribution in [-0.4, -0.2) is 16.5 Å². The van der Waals surface area contributed by atoms with Crippen LogP contribution in [0.3, 0.4) is 0 Å². The van der Waals surface area contributed by atoms with Gasteiger partial charge in [0.05, 0.1) is 6.61 Å². The van der Waals surface area contributed by atoms with E-state index in [0.717, 1.165) is 5.69 Å². The zero-order valence-corrected chi connectivity index (χ0v) is 10.6. The number of pyridine rings is 1. The van der Waals surface area contributed by atoms with Gasteiger partial charge in [0.1, 0.15) is 5.75 Å². The van der Waals surface area contributed by atoms with E-state index in [1.807, 2.05) is 0 Å². The highest BCUT2D eigenvalue weighted by atomic mass is 19.4. The van der Waals surface area contributed by atoms with Crippen molar-refractivity contribution in [3.05, 3.63) is 47.8 Å². The van der Waals surface area contributed by atoms with Crippen molar-refractivity contribution in [3.63, 3.8) is 0 Å². The summed E-state index contributed by atoms with van der Waals surface area (Å²) in [6.07, 6.45) is -3.20. The summed E-state index contributed by atoms with van der Waals surface area (Å²) in [7, 11) is 0. The first kappa shape index (κ1) is 14.3. The van der Waals surface area contributed by atoms with Crippen LogP contribution in [0.25, 0.3) is 11.1 Å². The first-order chi connectivity index (χ1) is 9.39. The molecule has 0 aliphatic rings. The number of aryl methyl sites for hydroxylation is 1. The minimum Gasteiger partial charge on any atom is -0.406 e. The Morgan fingerprint density at radius 2 is 1.95 bits per heavy atom. The molecule has 1 N–H and O–H groups in total. The number of hydrogen-bond acceptors (Lipinski definition) is 3. The van der Waals surface area contributed by atoms with Gasteiger partial charge in [-0.3, -0.25) is 4.98 Å². The average Bonchev–Trinajstić information content (AvgIpc) is 2.38. The van der Waals surface area contributed by atoms with E-state index in [1.165, 1.54) is 18.2 Å². The fourth-order valence-corrected chi connectivity index (χ4v) is 1.79. The third-order valence-corrected chi connectivity index (χ3v) is 2.71. The Labute approximate surface area is 113 Å². The van der Waals surface area contributed by atoms with E-state index < -0.39 is 6.36 Å². The number of aliphatic hydroxyl groups excluding tert-OH is 1. The Morgan fingerprint density at radius 3 is 2.50 bits per heavy atom. The molecule has 0 spiro atoms. The van der Waals surface area contributed by atoms with Gasteiger partial charge >= 0.3 is 6.36 Å². The summed E-state index contributed by atoms with van der Waals surface area (Å²) in [6.45, 7) is 1.52. The highest BCUT2D eigenvalue weighted by Crippen LogP contribution is 2.30. The predicted octanol–water partition coefficient (Wildman–Crippen LogP) is 3.45. The SMILES string of the molecule is Cc1ccc(-c2cc(OC(F)(F)F)ccc2CO)cn1. The molecule has 106 valence electrons. The van der Waals surface area contributed by atoms with Crippen molar-refractivity contribution in [2.45, 2.75) is 19.9 Å². The number of aromatic nitrogens is 1. The van der Waals surface area contributed by atoms with Crippen molar-refractivity contribution >= 4 is 0 Å². The van der Waals surface area contributed by atoms with Gasteiger partial charge < -0.3 is 9.84 Å². The Hall–Kier alpha value is -2.08. The Balaban J connectivity index is 2.44. The fraction of sp³-hybridized carbons (Fsp3) is 0.214. The molecule has 0 fully saturated rings. The second kappa shape index (κ2) is 5.50. The number of ether oxygens (including phenoxy) is 1. The quantitative estimate of drug-likeness (QED) is 0.938. The maximum absolute atomic E-state index is 12.2. The summed E-state index contributed by atoms with van der Waals surface area (Å²) in [5.41, 5.74) is 2.38. The highest BCUT2D eigenvalue weighted by molar-refractivity contribution is 5.68. The second-order valence-corrected chi connectivity index (χ2v) is 4.21. The van der Waals surface area contributed by atoms with E-state index in [1.54, 1.807) is 25.3 Å². The Morgan fingerprint density at radius 1 is 1.20 bits per heavy atom. The highest BCUT2D eigenvalue weighted by Gasteiger charge is 2.31. The van der Waals surface area contributed by atoms with E-state index in [-0.39, 0.29) is 12.4 Å². The number of hydrogen-bond donors (Lipinski definition) is 1. The van der Waals surface area contributed by atoms with Crippen LogP contribution < -0.4 is 4.74 Å². The molecule has 20 heavy (non-hydrogen) atoms. The molecule has 3 nitrogen and oxygen atoms in total. The molecule has 6 heteroatoms. The largest absolute Gasteiger partial charge is 0.573 e. The van der Waals surface area contributed by atoms with Gasteiger partial charge in [0.2, 0.25) is 0 Å². The molecule has 0 radical (unpaired) electrons. The van der Waals surface area contributed by atoms with E-state index in [4.69, 9.17) is 0 Å². The van der Waals surface area contributed by atoms with Gasteiger partial charge in [-0.25, -0.2) is 0 Å². The van der Waals surface area contributed by atoms with E-state index in [2.05, 4.69) is 9.72 Å². The fourth-order valence-electron chi connectivity index (χ4n) is 1.79. The number of alkyl halides is 3. The van der Waals surface area contributed by atoms with Crippen molar-refractivity contribution in [1.82, 2.24) is 4.98 Å². The van der Waals surface area contributed by atoms with E-state index in [9.17, 15) is 18.3 Å². The molecular weight excluding hydrogens is 271 g/mol. The lowest BCUT2D eigenvalue weighted by Gasteiger charge is -2.13. The number of halogens is 3. The standard InChI is InChI=1S/C14H12F3NO2/c1-9-2-3-10(7-18-9)13-6-12(20-14(15,16)17)5-4-11(13)8-19/h2-7,19H,8H2,1H3. The van der Waals surface area contributed by atoms with Crippen LogP contribution in [0.15, 0.2) is 36.5 Å². The Bertz CT molecular complexity index is 594. The molecule has 1 heterocycles. The van der Waals surface area contributed by atoms with E-state index in [0.29, 0.717) is 16.7 Å². The van der Waals surface area contributed by atoms with Gasteiger partial charge in [0.25, 0.3) is 0 Å². The van der Waals surface area contributed by atoms with Crippen LogP contribution in [0.2, 0.25) is 0 Å². The summed E-state index contributed by atoms with van der Waals surface area (Å²) < 4.78 is 40.6. The number of aliphatic hydroxyl groups is 1. The first-order valence-electron chi connectivity index (χ1n) is 5.81. The molecule has 0 atom stereocenters. The van der Waals surface area contributed by atoms with Crippen molar-refractivity contribution in [2.24, 2.45) is 0 Å². The van der Waals surface area contributed by atoms with Crippen molar-refractivity contribution in [2.75, 3.05) is 0 Å². The summed E-state index contributed by atoms with van der Waals surface area (Å²) in [6, 6.07) is 7.29. The number of benzene rings is 1. The molecule has 0 unspecified atom stereocenters. The molecule has 1 aromatic heterocycles. The van der Waals surface area contributed by atoms with Crippen LogP contribution in [0.5, 0.6) is 5.75 Å². The lowest BCUT2D eigenvalue weighted by atomic mass is 10.0. The number of nitrogens with zero attached hydrogens (tertiary/aromatic N) is 1. The summed E-state index contributed by atoms with van der Waals surface area (Å²) >= 11 is 0. The van der Waals surface area contributed by atoms with Gasteiger partial charge in [-0.05, 0) is 36.2 Å². The van der Waals surface area contributed by atoms with Gasteiger partial charge in [0.15, 0.2) is 0 Å². The third-order valence-electron chi connectivity index (χ3n) is 2.71. The molecule has 2 aromatic rings. The van der Waals surface area contributed by atoms with E-state index >= 15 is 0 Å². The molecule has 0 aliphatic carbocycles. The molecule has 2 rings (SSSR count). The van der Waals surface area contributed by atoms with Gasteiger partial charge in [-0.2, -0.15) is 0 Å². The molecule has 0 aliphatic heterocycles. The summed E-state index contributed by atoms with van der Waals surface area (Å²) in [4.78, 5) is 4.09. The zero-order valence-electron chi connectivity index (χ0n) is 10.6. The lowest BCUT2D eigenvalue weighted by molar-refractivity contribution is -0.274. The maximum Gasteiger partial charge on any atom is 0.573 e. The minimum absolute atomic E-state index is 0.282. The van der Waals surface area contributed by atoms with Crippen molar-refractivity contribution in [1.29, 1.82) is 0 Å². The minimum atomic E-state index is -4.75. The maximum atomic E-state index is 12.2. The topological polar surface area (TPSA) is 42.4 Å². The van der Waals surface area contributed by atoms with Gasteiger partial charge in [-0.1, -0.05) is 12.1 Å². The number of rotatable bonds is 3. The lowest BCUT2D eigenvalue weighted by Crippen LogP contribution is -2.17. The molecule has 0 saturated carbocycles. The molecule has 0 bridgehead atoms.